The number of thiophene rings is 1. The molecule has 0 N–H and O–H groups in total. The average Bonchev–Trinajstić information content (AvgIpc) is 2.88. The first-order chi connectivity index (χ1) is 9.24. The molecule has 94 valence electrons. The van der Waals surface area contributed by atoms with E-state index in [0.29, 0.717) is 22.5 Å². The van der Waals surface area contributed by atoms with Crippen LogP contribution in [0.1, 0.15) is 4.88 Å². The summed E-state index contributed by atoms with van der Waals surface area (Å²) < 4.78 is 1.76. The first-order valence-electron chi connectivity index (χ1n) is 6.01. The summed E-state index contributed by atoms with van der Waals surface area (Å²) in [7, 11) is 0. The minimum absolute atomic E-state index is 0.000602. The summed E-state index contributed by atoms with van der Waals surface area (Å²) in [4.78, 5) is 18.5. The van der Waals surface area contributed by atoms with Crippen LogP contribution in [0, 0.1) is 0 Å². The van der Waals surface area contributed by atoms with Gasteiger partial charge in [-0.1, -0.05) is 11.6 Å². The van der Waals surface area contributed by atoms with Crippen molar-refractivity contribution in [2.75, 3.05) is 0 Å². The summed E-state index contributed by atoms with van der Waals surface area (Å²) in [6.07, 6.45) is 0.896. The largest absolute Gasteiger partial charge is 0.292 e. The predicted molar refractivity (Wildman–Crippen MR) is 78.0 cm³/mol. The first-order valence-corrected chi connectivity index (χ1v) is 7.26. The molecule has 19 heavy (non-hydrogen) atoms. The highest BCUT2D eigenvalue weighted by Gasteiger charge is 2.20. The lowest BCUT2D eigenvalue weighted by molar-refractivity contribution is 0.659. The number of hydrogen-bond donors (Lipinski definition) is 0. The van der Waals surface area contributed by atoms with Crippen LogP contribution < -0.4 is 5.56 Å². The van der Waals surface area contributed by atoms with Crippen LogP contribution in [-0.4, -0.2) is 9.55 Å². The van der Waals surface area contributed by atoms with Crippen molar-refractivity contribution in [3.8, 4) is 11.4 Å². The Morgan fingerprint density at radius 2 is 2.21 bits per heavy atom. The van der Waals surface area contributed by atoms with Crippen LogP contribution in [0.2, 0.25) is 5.02 Å². The Kier molecular flexibility index (Phi) is 2.31. The van der Waals surface area contributed by atoms with Gasteiger partial charge in [-0.3, -0.25) is 9.36 Å². The summed E-state index contributed by atoms with van der Waals surface area (Å²) in [5.74, 6) is 0.780. The zero-order valence-electron chi connectivity index (χ0n) is 9.89. The Morgan fingerprint density at radius 3 is 3.11 bits per heavy atom. The maximum atomic E-state index is 12.5. The molecule has 3 nitrogen and oxygen atoms in total. The van der Waals surface area contributed by atoms with Crippen LogP contribution in [0.4, 0.5) is 0 Å². The van der Waals surface area contributed by atoms with Gasteiger partial charge in [0.05, 0.1) is 10.9 Å². The van der Waals surface area contributed by atoms with E-state index < -0.39 is 0 Å². The molecule has 1 aliphatic rings. The Labute approximate surface area is 118 Å². The van der Waals surface area contributed by atoms with Gasteiger partial charge in [0.1, 0.15) is 5.82 Å². The molecule has 1 aromatic carbocycles. The fraction of sp³-hybridized carbons (Fsp3) is 0.143. The third kappa shape index (κ3) is 1.57. The third-order valence-corrected chi connectivity index (χ3v) is 4.68. The van der Waals surface area contributed by atoms with Crippen molar-refractivity contribution in [2.24, 2.45) is 0 Å². The van der Waals surface area contributed by atoms with Gasteiger partial charge in [-0.2, -0.15) is 0 Å². The molecule has 4 rings (SSSR count). The third-order valence-electron chi connectivity index (χ3n) is 3.46. The molecule has 1 aliphatic heterocycles. The fourth-order valence-corrected chi connectivity index (χ4v) is 3.59. The second-order valence-electron chi connectivity index (χ2n) is 4.56. The van der Waals surface area contributed by atoms with Crippen molar-refractivity contribution in [2.45, 2.75) is 13.0 Å². The monoisotopic (exact) mass is 288 g/mol. The Bertz CT molecular complexity index is 865. The van der Waals surface area contributed by atoms with Crippen molar-refractivity contribution < 1.29 is 0 Å². The minimum atomic E-state index is -0.000602. The molecule has 5 heteroatoms. The lowest BCUT2D eigenvalue weighted by atomic mass is 10.1. The van der Waals surface area contributed by atoms with Crippen LogP contribution in [-0.2, 0) is 13.0 Å². The smallest absolute Gasteiger partial charge is 0.261 e. The molecule has 0 atom stereocenters. The van der Waals surface area contributed by atoms with Crippen LogP contribution in [0.15, 0.2) is 34.4 Å². The van der Waals surface area contributed by atoms with Crippen molar-refractivity contribution in [3.63, 3.8) is 0 Å². The van der Waals surface area contributed by atoms with Crippen LogP contribution in [0.5, 0.6) is 0 Å². The van der Waals surface area contributed by atoms with Gasteiger partial charge >= 0.3 is 0 Å². The minimum Gasteiger partial charge on any atom is -0.292 e. The molecule has 0 amide bonds. The second-order valence-corrected chi connectivity index (χ2v) is 6.00. The van der Waals surface area contributed by atoms with E-state index >= 15 is 0 Å². The topological polar surface area (TPSA) is 34.9 Å². The normalized spacial score (nSPS) is 13.3. The Hall–Kier alpha value is -1.65. The van der Waals surface area contributed by atoms with Crippen molar-refractivity contribution in [3.05, 3.63) is 49.9 Å². The molecule has 3 aromatic rings. The summed E-state index contributed by atoms with van der Waals surface area (Å²) >= 11 is 7.69. The maximum absolute atomic E-state index is 12.5. The quantitative estimate of drug-likeness (QED) is 0.636. The van der Waals surface area contributed by atoms with Gasteiger partial charge in [0.2, 0.25) is 0 Å². The Balaban J connectivity index is 2.14. The van der Waals surface area contributed by atoms with Gasteiger partial charge in [-0.15, -0.1) is 11.3 Å². The number of rotatable bonds is 0. The maximum Gasteiger partial charge on any atom is 0.261 e. The van der Waals surface area contributed by atoms with E-state index in [1.54, 1.807) is 34.1 Å². The van der Waals surface area contributed by atoms with Gasteiger partial charge in [0, 0.05) is 28.4 Å². The molecule has 0 saturated heterocycles. The number of halogens is 1. The van der Waals surface area contributed by atoms with E-state index in [9.17, 15) is 4.79 Å². The first kappa shape index (κ1) is 11.2. The molecule has 2 aromatic heterocycles. The summed E-state index contributed by atoms with van der Waals surface area (Å²) in [5.41, 5.74) is 1.80. The number of benzene rings is 1. The molecule has 0 radical (unpaired) electrons. The molecular formula is C14H9ClN2OS. The molecule has 0 saturated carbocycles. The number of fused-ring (bicyclic) bond motifs is 4. The molecule has 3 heterocycles. The van der Waals surface area contributed by atoms with E-state index in [1.165, 1.54) is 4.88 Å². The van der Waals surface area contributed by atoms with E-state index in [2.05, 4.69) is 10.4 Å². The number of nitrogens with zero attached hydrogens (tertiary/aromatic N) is 2. The molecule has 0 aliphatic carbocycles. The summed E-state index contributed by atoms with van der Waals surface area (Å²) in [6, 6.07) is 7.31. The fourth-order valence-electron chi connectivity index (χ4n) is 2.55. The number of aromatic nitrogens is 2. The van der Waals surface area contributed by atoms with E-state index in [1.807, 2.05) is 6.07 Å². The number of hydrogen-bond acceptors (Lipinski definition) is 3. The van der Waals surface area contributed by atoms with E-state index in [-0.39, 0.29) is 5.56 Å². The van der Waals surface area contributed by atoms with Gasteiger partial charge < -0.3 is 0 Å². The molecule has 0 bridgehead atoms. The predicted octanol–water partition coefficient (Wildman–Crippen LogP) is 3.33. The molecule has 0 unspecified atom stereocenters. The van der Waals surface area contributed by atoms with Gasteiger partial charge in [-0.25, -0.2) is 4.98 Å². The van der Waals surface area contributed by atoms with E-state index in [0.717, 1.165) is 17.8 Å². The van der Waals surface area contributed by atoms with Crippen LogP contribution in [0.25, 0.3) is 22.3 Å². The van der Waals surface area contributed by atoms with Crippen molar-refractivity contribution >= 4 is 33.8 Å². The Morgan fingerprint density at radius 1 is 1.32 bits per heavy atom. The van der Waals surface area contributed by atoms with E-state index in [4.69, 9.17) is 11.6 Å². The molecule has 0 spiro atoms. The zero-order chi connectivity index (χ0) is 13.0. The molecule has 0 fully saturated rings. The standard InChI is InChI=1S/C14H9ClN2OS/c15-8-1-2-11-10(7-8)14(18)17-5-3-12-9(4-6-19-12)13(17)16-11/h1-2,4,6-7H,3,5H2. The number of aryl methyl sites for hydroxylation is 1. The van der Waals surface area contributed by atoms with Crippen LogP contribution in [0.3, 0.4) is 0 Å². The van der Waals surface area contributed by atoms with Gasteiger partial charge in [0.25, 0.3) is 5.56 Å². The van der Waals surface area contributed by atoms with Crippen molar-refractivity contribution in [1.29, 1.82) is 0 Å². The highest BCUT2D eigenvalue weighted by atomic mass is 35.5. The lowest BCUT2D eigenvalue weighted by Gasteiger charge is -2.18. The average molecular weight is 289 g/mol. The zero-order valence-corrected chi connectivity index (χ0v) is 11.5. The molecular weight excluding hydrogens is 280 g/mol. The SMILES string of the molecule is O=c1c2cc(Cl)ccc2nc2n1CCc1sccc1-2. The van der Waals surface area contributed by atoms with Crippen molar-refractivity contribution in [1.82, 2.24) is 9.55 Å². The van der Waals surface area contributed by atoms with Crippen LogP contribution >= 0.6 is 22.9 Å². The highest BCUT2D eigenvalue weighted by Crippen LogP contribution is 2.31. The second kappa shape index (κ2) is 3.92. The van der Waals surface area contributed by atoms with Gasteiger partial charge in [0.15, 0.2) is 0 Å². The van der Waals surface area contributed by atoms with Gasteiger partial charge in [-0.05, 0) is 29.6 Å². The lowest BCUT2D eigenvalue weighted by Crippen LogP contribution is -2.26. The summed E-state index contributed by atoms with van der Waals surface area (Å²) in [5, 5.41) is 3.22. The summed E-state index contributed by atoms with van der Waals surface area (Å²) in [6.45, 7) is 0.692. The highest BCUT2D eigenvalue weighted by molar-refractivity contribution is 7.10.